The molecule has 0 saturated carbocycles. The Morgan fingerprint density at radius 3 is 2.61 bits per heavy atom. The van der Waals surface area contributed by atoms with Crippen LogP contribution in [0.3, 0.4) is 0 Å². The smallest absolute Gasteiger partial charge is 0.251 e. The molecule has 8 heteroatoms. The summed E-state index contributed by atoms with van der Waals surface area (Å²) in [6.45, 7) is 7.76. The number of amides is 1. The van der Waals surface area contributed by atoms with Crippen LogP contribution in [0.4, 0.5) is 4.39 Å². The zero-order valence-electron chi connectivity index (χ0n) is 20.7. The average molecular weight is 509 g/mol. The van der Waals surface area contributed by atoms with Gasteiger partial charge in [0.2, 0.25) is 0 Å². The van der Waals surface area contributed by atoms with Crippen molar-refractivity contribution in [3.05, 3.63) is 83.1 Å². The molecule has 2 aromatic heterocycles. The highest BCUT2D eigenvalue weighted by molar-refractivity contribution is 7.17. The number of aliphatic hydroxyl groups excluding tert-OH is 1. The summed E-state index contributed by atoms with van der Waals surface area (Å²) in [6.07, 6.45) is 0.586. The number of hydrogen-bond donors (Lipinski definition) is 2. The monoisotopic (exact) mass is 508 g/mol. The number of aliphatic hydroxyl groups is 1. The van der Waals surface area contributed by atoms with Gasteiger partial charge in [0.1, 0.15) is 11.9 Å². The Balaban J connectivity index is 0.00000176. The number of benzene rings is 2. The second kappa shape index (κ2) is 12.3. The maximum absolute atomic E-state index is 14.2. The molecule has 0 aliphatic carbocycles. The summed E-state index contributed by atoms with van der Waals surface area (Å²) in [7, 11) is 3.01. The van der Waals surface area contributed by atoms with Gasteiger partial charge in [-0.05, 0) is 42.0 Å². The van der Waals surface area contributed by atoms with Crippen LogP contribution in [0.1, 0.15) is 41.6 Å². The standard InChI is InChI=1S/C26H23FN2O4S.C2H6/c1-4-15-10-20(18-14-34-25-17(18)6-5-7-19(25)27)29-21(11-15)22(30)13-28-26(31)16-8-9-23(32-2)24(12-16)33-3;1-2/h4-12,14,22,30H,1,13H2,2-3H3,(H,28,31);1-2H3. The van der Waals surface area contributed by atoms with Crippen LogP contribution >= 0.6 is 11.3 Å². The third-order valence-electron chi connectivity index (χ3n) is 5.37. The number of thiophene rings is 1. The second-order valence-corrected chi connectivity index (χ2v) is 8.36. The lowest BCUT2D eigenvalue weighted by molar-refractivity contribution is 0.0914. The van der Waals surface area contributed by atoms with Gasteiger partial charge in [0.25, 0.3) is 5.91 Å². The lowest BCUT2D eigenvalue weighted by Crippen LogP contribution is -2.28. The number of halogens is 1. The minimum Gasteiger partial charge on any atom is -0.493 e. The lowest BCUT2D eigenvalue weighted by Gasteiger charge is -2.14. The van der Waals surface area contributed by atoms with Gasteiger partial charge in [0.15, 0.2) is 11.5 Å². The number of nitrogens with zero attached hydrogens (tertiary/aromatic N) is 1. The van der Waals surface area contributed by atoms with E-state index >= 15 is 0 Å². The molecule has 1 unspecified atom stereocenters. The number of pyridine rings is 1. The van der Waals surface area contributed by atoms with Gasteiger partial charge in [-0.2, -0.15) is 0 Å². The molecule has 0 aliphatic heterocycles. The van der Waals surface area contributed by atoms with Gasteiger partial charge in [-0.25, -0.2) is 9.37 Å². The van der Waals surface area contributed by atoms with Crippen LogP contribution in [-0.2, 0) is 0 Å². The Labute approximate surface area is 214 Å². The van der Waals surface area contributed by atoms with E-state index in [0.29, 0.717) is 33.2 Å². The maximum atomic E-state index is 14.2. The maximum Gasteiger partial charge on any atom is 0.251 e. The molecule has 188 valence electrons. The third kappa shape index (κ3) is 5.72. The molecule has 0 radical (unpaired) electrons. The van der Waals surface area contributed by atoms with Crippen molar-refractivity contribution in [1.82, 2.24) is 10.3 Å². The highest BCUT2D eigenvalue weighted by Gasteiger charge is 2.17. The van der Waals surface area contributed by atoms with E-state index in [1.807, 2.05) is 31.4 Å². The Morgan fingerprint density at radius 1 is 1.17 bits per heavy atom. The van der Waals surface area contributed by atoms with Gasteiger partial charge in [0, 0.05) is 28.4 Å². The van der Waals surface area contributed by atoms with Gasteiger partial charge in [-0.15, -0.1) is 11.3 Å². The number of hydrogen-bond acceptors (Lipinski definition) is 6. The normalized spacial score (nSPS) is 11.3. The first-order chi connectivity index (χ1) is 17.4. The van der Waals surface area contributed by atoms with E-state index in [1.54, 1.807) is 36.4 Å². The first-order valence-corrected chi connectivity index (χ1v) is 12.3. The van der Waals surface area contributed by atoms with Gasteiger partial charge >= 0.3 is 0 Å². The predicted molar refractivity (Wildman–Crippen MR) is 143 cm³/mol. The topological polar surface area (TPSA) is 80.7 Å². The summed E-state index contributed by atoms with van der Waals surface area (Å²) < 4.78 is 25.1. The number of nitrogens with one attached hydrogen (secondary N) is 1. The minimum atomic E-state index is -1.07. The SMILES string of the molecule is C=Cc1cc(-c2csc3c(F)cccc23)nc(C(O)CNC(=O)c2ccc(OC)c(OC)c2)c1.CC. The molecule has 36 heavy (non-hydrogen) atoms. The van der Waals surface area contributed by atoms with Crippen LogP contribution in [0, 0.1) is 5.82 Å². The van der Waals surface area contributed by atoms with Crippen LogP contribution in [0.2, 0.25) is 0 Å². The van der Waals surface area contributed by atoms with Crippen LogP contribution in [0.5, 0.6) is 11.5 Å². The fraction of sp³-hybridized carbons (Fsp3) is 0.214. The summed E-state index contributed by atoms with van der Waals surface area (Å²) in [6, 6.07) is 13.3. The summed E-state index contributed by atoms with van der Waals surface area (Å²) >= 11 is 1.30. The van der Waals surface area contributed by atoms with Crippen molar-refractivity contribution in [2.24, 2.45) is 0 Å². The Kier molecular flexibility index (Phi) is 9.16. The molecule has 2 aromatic carbocycles. The molecule has 0 fully saturated rings. The Bertz CT molecular complexity index is 1370. The Morgan fingerprint density at radius 2 is 1.92 bits per heavy atom. The van der Waals surface area contributed by atoms with Crippen molar-refractivity contribution in [2.45, 2.75) is 20.0 Å². The van der Waals surface area contributed by atoms with Crippen molar-refractivity contribution >= 4 is 33.4 Å². The predicted octanol–water partition coefficient (Wildman–Crippen LogP) is 6.25. The molecule has 0 bridgehead atoms. The highest BCUT2D eigenvalue weighted by atomic mass is 32.1. The number of carbonyl (C=O) groups is 1. The molecule has 0 aliphatic rings. The molecule has 1 amide bonds. The van der Waals surface area contributed by atoms with E-state index in [2.05, 4.69) is 16.9 Å². The van der Waals surface area contributed by atoms with Crippen LogP contribution in [0.25, 0.3) is 27.4 Å². The number of fused-ring (bicyclic) bond motifs is 1. The number of rotatable bonds is 8. The zero-order valence-corrected chi connectivity index (χ0v) is 21.5. The molecule has 1 atom stereocenters. The minimum absolute atomic E-state index is 0.0563. The summed E-state index contributed by atoms with van der Waals surface area (Å²) in [5.41, 5.74) is 2.85. The van der Waals surface area contributed by atoms with Gasteiger partial charge in [-0.1, -0.05) is 38.6 Å². The van der Waals surface area contributed by atoms with Gasteiger partial charge in [-0.3, -0.25) is 4.79 Å². The van der Waals surface area contributed by atoms with Crippen molar-refractivity contribution in [1.29, 1.82) is 0 Å². The molecule has 4 aromatic rings. The van der Waals surface area contributed by atoms with E-state index in [9.17, 15) is 14.3 Å². The Hall–Kier alpha value is -3.75. The zero-order chi connectivity index (χ0) is 26.2. The first kappa shape index (κ1) is 26.8. The lowest BCUT2D eigenvalue weighted by atomic mass is 10.1. The van der Waals surface area contributed by atoms with Crippen LogP contribution in [0.15, 0.2) is 60.5 Å². The van der Waals surface area contributed by atoms with E-state index in [-0.39, 0.29) is 18.3 Å². The molecule has 0 spiro atoms. The van der Waals surface area contributed by atoms with E-state index in [4.69, 9.17) is 9.47 Å². The number of methoxy groups -OCH3 is 2. The molecular formula is C28H29FN2O4S. The molecule has 6 nitrogen and oxygen atoms in total. The largest absolute Gasteiger partial charge is 0.493 e. The highest BCUT2D eigenvalue weighted by Crippen LogP contribution is 2.35. The second-order valence-electron chi connectivity index (χ2n) is 7.48. The quantitative estimate of drug-likeness (QED) is 0.294. The molecular weight excluding hydrogens is 479 g/mol. The molecule has 0 saturated heterocycles. The fourth-order valence-electron chi connectivity index (χ4n) is 3.59. The van der Waals surface area contributed by atoms with Crippen molar-refractivity contribution in [3.63, 3.8) is 0 Å². The van der Waals surface area contributed by atoms with E-state index < -0.39 is 6.10 Å². The van der Waals surface area contributed by atoms with E-state index in [1.165, 1.54) is 31.6 Å². The van der Waals surface area contributed by atoms with Crippen LogP contribution < -0.4 is 14.8 Å². The van der Waals surface area contributed by atoms with Gasteiger partial charge in [0.05, 0.1) is 30.3 Å². The molecule has 4 rings (SSSR count). The van der Waals surface area contributed by atoms with Gasteiger partial charge < -0.3 is 19.9 Å². The average Bonchev–Trinajstić information content (AvgIpc) is 3.37. The summed E-state index contributed by atoms with van der Waals surface area (Å²) in [5.74, 6) is 0.282. The van der Waals surface area contributed by atoms with Crippen molar-refractivity contribution in [2.75, 3.05) is 20.8 Å². The summed E-state index contributed by atoms with van der Waals surface area (Å²) in [4.78, 5) is 17.2. The van der Waals surface area contributed by atoms with E-state index in [0.717, 1.165) is 16.5 Å². The molecule has 2 N–H and O–H groups in total. The number of carbonyl (C=O) groups excluding carboxylic acids is 1. The molecule has 2 heterocycles. The summed E-state index contributed by atoms with van der Waals surface area (Å²) in [5, 5.41) is 16.1. The third-order valence-corrected chi connectivity index (χ3v) is 6.38. The number of aromatic nitrogens is 1. The van der Waals surface area contributed by atoms with Crippen molar-refractivity contribution in [3.8, 4) is 22.8 Å². The first-order valence-electron chi connectivity index (χ1n) is 11.4. The van der Waals surface area contributed by atoms with Crippen molar-refractivity contribution < 1.29 is 23.8 Å². The number of ether oxygens (including phenoxy) is 2. The fourth-order valence-corrected chi connectivity index (χ4v) is 4.56. The van der Waals surface area contributed by atoms with Crippen LogP contribution in [-0.4, -0.2) is 36.8 Å².